The lowest BCUT2D eigenvalue weighted by atomic mass is 10.5. The smallest absolute Gasteiger partial charge is 0.221 e. The average Bonchev–Trinajstić information content (AvgIpc) is 2.66. The maximum absolute atomic E-state index is 5.48. The summed E-state index contributed by atoms with van der Waals surface area (Å²) in [6.45, 7) is 2.29. The summed E-state index contributed by atoms with van der Waals surface area (Å²) in [4.78, 5) is 11.9. The Bertz CT molecular complexity index is 498. The molecule has 0 fully saturated rings. The summed E-state index contributed by atoms with van der Waals surface area (Å²) in [7, 11) is 0. The first kappa shape index (κ1) is 10.9. The molecule has 0 aromatic carbocycles. The van der Waals surface area contributed by atoms with Gasteiger partial charge in [0.05, 0.1) is 17.2 Å². The molecule has 84 valence electrons. The highest BCUT2D eigenvalue weighted by molar-refractivity contribution is 9.10. The summed E-state index contributed by atoms with van der Waals surface area (Å²) in [6, 6.07) is 0. The van der Waals surface area contributed by atoms with Gasteiger partial charge in [0.1, 0.15) is 11.6 Å². The van der Waals surface area contributed by atoms with Gasteiger partial charge < -0.3 is 15.5 Å². The van der Waals surface area contributed by atoms with Crippen molar-refractivity contribution in [2.45, 2.75) is 13.5 Å². The first-order chi connectivity index (χ1) is 7.65. The van der Waals surface area contributed by atoms with Crippen LogP contribution in [0.4, 0.5) is 11.8 Å². The van der Waals surface area contributed by atoms with Gasteiger partial charge in [-0.05, 0) is 22.9 Å². The predicted octanol–water partition coefficient (Wildman–Crippen LogP) is 1.73. The van der Waals surface area contributed by atoms with Crippen molar-refractivity contribution in [1.82, 2.24) is 15.0 Å². The number of aromatic nitrogens is 3. The molecule has 7 heteroatoms. The van der Waals surface area contributed by atoms with Crippen molar-refractivity contribution in [3.8, 4) is 0 Å². The highest BCUT2D eigenvalue weighted by Crippen LogP contribution is 2.19. The SMILES string of the molecule is Cc1cnc(CNc2nc(N)ncc2Br)o1. The van der Waals surface area contributed by atoms with E-state index in [1.165, 1.54) is 0 Å². The Morgan fingerprint density at radius 1 is 1.44 bits per heavy atom. The third kappa shape index (κ3) is 2.48. The fraction of sp³-hybridized carbons (Fsp3) is 0.222. The maximum Gasteiger partial charge on any atom is 0.221 e. The first-order valence-corrected chi connectivity index (χ1v) is 5.37. The fourth-order valence-electron chi connectivity index (χ4n) is 1.15. The van der Waals surface area contributed by atoms with Crippen LogP contribution in [0.15, 0.2) is 21.3 Å². The van der Waals surface area contributed by atoms with E-state index >= 15 is 0 Å². The first-order valence-electron chi connectivity index (χ1n) is 4.58. The van der Waals surface area contributed by atoms with E-state index in [0.717, 1.165) is 10.2 Å². The van der Waals surface area contributed by atoms with Gasteiger partial charge in [-0.15, -0.1) is 0 Å². The molecule has 0 radical (unpaired) electrons. The zero-order valence-electron chi connectivity index (χ0n) is 8.57. The van der Waals surface area contributed by atoms with E-state index in [2.05, 4.69) is 36.2 Å². The number of nitrogens with zero attached hydrogens (tertiary/aromatic N) is 3. The van der Waals surface area contributed by atoms with Crippen LogP contribution in [0.3, 0.4) is 0 Å². The van der Waals surface area contributed by atoms with Crippen LogP contribution in [0.1, 0.15) is 11.7 Å². The molecule has 16 heavy (non-hydrogen) atoms. The Kier molecular flexibility index (Phi) is 3.04. The third-order valence-electron chi connectivity index (χ3n) is 1.84. The van der Waals surface area contributed by atoms with Crippen LogP contribution in [0.5, 0.6) is 0 Å². The highest BCUT2D eigenvalue weighted by atomic mass is 79.9. The van der Waals surface area contributed by atoms with E-state index in [0.29, 0.717) is 18.3 Å². The van der Waals surface area contributed by atoms with Crippen molar-refractivity contribution in [2.24, 2.45) is 0 Å². The zero-order chi connectivity index (χ0) is 11.5. The molecule has 0 spiro atoms. The number of oxazole rings is 1. The molecule has 6 nitrogen and oxygen atoms in total. The number of anilines is 2. The van der Waals surface area contributed by atoms with Gasteiger partial charge in [0.15, 0.2) is 0 Å². The van der Waals surface area contributed by atoms with Crippen LogP contribution in [-0.2, 0) is 6.54 Å². The van der Waals surface area contributed by atoms with Crippen LogP contribution in [0.25, 0.3) is 0 Å². The molecule has 0 saturated heterocycles. The van der Waals surface area contributed by atoms with Crippen LogP contribution in [0.2, 0.25) is 0 Å². The average molecular weight is 284 g/mol. The third-order valence-corrected chi connectivity index (χ3v) is 2.42. The molecule has 0 saturated carbocycles. The second-order valence-electron chi connectivity index (χ2n) is 3.14. The van der Waals surface area contributed by atoms with Gasteiger partial charge >= 0.3 is 0 Å². The predicted molar refractivity (Wildman–Crippen MR) is 62.7 cm³/mol. The van der Waals surface area contributed by atoms with Crippen molar-refractivity contribution in [1.29, 1.82) is 0 Å². The topological polar surface area (TPSA) is 89.9 Å². The van der Waals surface area contributed by atoms with Gasteiger partial charge in [-0.1, -0.05) is 0 Å². The molecule has 0 atom stereocenters. The number of hydrogen-bond donors (Lipinski definition) is 2. The molecule has 3 N–H and O–H groups in total. The van der Waals surface area contributed by atoms with Gasteiger partial charge in [0.25, 0.3) is 0 Å². The Morgan fingerprint density at radius 3 is 2.94 bits per heavy atom. The number of nitrogen functional groups attached to an aromatic ring is 1. The molecule has 2 aromatic rings. The van der Waals surface area contributed by atoms with E-state index in [1.54, 1.807) is 12.4 Å². The van der Waals surface area contributed by atoms with Crippen molar-refractivity contribution in [2.75, 3.05) is 11.1 Å². The van der Waals surface area contributed by atoms with E-state index in [1.807, 2.05) is 6.92 Å². The van der Waals surface area contributed by atoms with Crippen LogP contribution in [0, 0.1) is 6.92 Å². The quantitative estimate of drug-likeness (QED) is 0.892. The number of aryl methyl sites for hydroxylation is 1. The molecule has 0 bridgehead atoms. The number of hydrogen-bond acceptors (Lipinski definition) is 6. The van der Waals surface area contributed by atoms with Crippen molar-refractivity contribution in [3.05, 3.63) is 28.5 Å². The number of nitrogens with two attached hydrogens (primary N) is 1. The molecule has 0 unspecified atom stereocenters. The lowest BCUT2D eigenvalue weighted by molar-refractivity contribution is 0.478. The van der Waals surface area contributed by atoms with Crippen LogP contribution < -0.4 is 11.1 Å². The van der Waals surface area contributed by atoms with Gasteiger partial charge in [-0.25, -0.2) is 9.97 Å². The number of nitrogens with one attached hydrogen (secondary N) is 1. The number of rotatable bonds is 3. The second kappa shape index (κ2) is 4.48. The summed E-state index contributed by atoms with van der Waals surface area (Å²) in [5.41, 5.74) is 5.48. The molecule has 2 rings (SSSR count). The normalized spacial score (nSPS) is 10.4. The number of halogens is 1. The molecular weight excluding hydrogens is 274 g/mol. The van der Waals surface area contributed by atoms with E-state index in [4.69, 9.17) is 10.2 Å². The Labute approximate surface area is 100 Å². The fourth-order valence-corrected chi connectivity index (χ4v) is 1.48. The molecule has 2 aromatic heterocycles. The standard InChI is InChI=1S/C9H10BrN5O/c1-5-2-12-7(16-5)4-13-8-6(10)3-14-9(11)15-8/h2-3H,4H2,1H3,(H3,11,13,14,15). The van der Waals surface area contributed by atoms with E-state index < -0.39 is 0 Å². The lowest BCUT2D eigenvalue weighted by Gasteiger charge is -2.05. The summed E-state index contributed by atoms with van der Waals surface area (Å²) in [5.74, 6) is 2.21. The second-order valence-corrected chi connectivity index (χ2v) is 4.00. The summed E-state index contributed by atoms with van der Waals surface area (Å²) < 4.78 is 6.05. The largest absolute Gasteiger partial charge is 0.444 e. The van der Waals surface area contributed by atoms with Crippen molar-refractivity contribution in [3.63, 3.8) is 0 Å². The highest BCUT2D eigenvalue weighted by Gasteiger charge is 2.05. The van der Waals surface area contributed by atoms with Crippen LogP contribution in [-0.4, -0.2) is 15.0 Å². The minimum atomic E-state index is 0.217. The summed E-state index contributed by atoms with van der Waals surface area (Å²) in [6.07, 6.45) is 3.26. The van der Waals surface area contributed by atoms with Crippen molar-refractivity contribution >= 4 is 27.7 Å². The van der Waals surface area contributed by atoms with Gasteiger partial charge in [0.2, 0.25) is 11.8 Å². The summed E-state index contributed by atoms with van der Waals surface area (Å²) >= 11 is 3.32. The van der Waals surface area contributed by atoms with E-state index in [-0.39, 0.29) is 5.95 Å². The van der Waals surface area contributed by atoms with E-state index in [9.17, 15) is 0 Å². The zero-order valence-corrected chi connectivity index (χ0v) is 10.2. The molecular formula is C9H10BrN5O. The monoisotopic (exact) mass is 283 g/mol. The molecule has 0 amide bonds. The Hall–Kier alpha value is -1.63. The van der Waals surface area contributed by atoms with Gasteiger partial charge in [-0.3, -0.25) is 0 Å². The summed E-state index contributed by atoms with van der Waals surface area (Å²) in [5, 5.41) is 3.05. The minimum Gasteiger partial charge on any atom is -0.444 e. The maximum atomic E-state index is 5.48. The lowest BCUT2D eigenvalue weighted by Crippen LogP contribution is -2.05. The minimum absolute atomic E-state index is 0.217. The molecule has 0 aliphatic carbocycles. The molecule has 2 heterocycles. The van der Waals surface area contributed by atoms with Gasteiger partial charge in [-0.2, -0.15) is 4.98 Å². The molecule has 0 aliphatic rings. The molecule has 0 aliphatic heterocycles. The van der Waals surface area contributed by atoms with Crippen molar-refractivity contribution < 1.29 is 4.42 Å². The Balaban J connectivity index is 2.07. The van der Waals surface area contributed by atoms with Crippen LogP contribution >= 0.6 is 15.9 Å². The van der Waals surface area contributed by atoms with Gasteiger partial charge in [0, 0.05) is 6.20 Å². The Morgan fingerprint density at radius 2 is 2.25 bits per heavy atom.